The van der Waals surface area contributed by atoms with Gasteiger partial charge in [0.05, 0.1) is 11.9 Å². The van der Waals surface area contributed by atoms with Crippen LogP contribution in [-0.2, 0) is 32.6 Å². The molecule has 41 heavy (non-hydrogen) atoms. The summed E-state index contributed by atoms with van der Waals surface area (Å²) in [7, 11) is -3.57. The van der Waals surface area contributed by atoms with E-state index in [9.17, 15) is 18.0 Å². The normalized spacial score (nSPS) is 12.0. The molecule has 0 saturated heterocycles. The van der Waals surface area contributed by atoms with Gasteiger partial charge in [0.25, 0.3) is 0 Å². The summed E-state index contributed by atoms with van der Waals surface area (Å²) in [5, 5.41) is 2.99. The molecule has 0 radical (unpaired) electrons. The van der Waals surface area contributed by atoms with Crippen LogP contribution in [-0.4, -0.2) is 50.5 Å². The fraction of sp³-hybridized carbons (Fsp3) is 0.394. The molecule has 0 unspecified atom stereocenters. The number of hydrogen-bond acceptors (Lipinski definition) is 4. The van der Waals surface area contributed by atoms with Gasteiger partial charge in [-0.2, -0.15) is 0 Å². The topological polar surface area (TPSA) is 86.8 Å². The van der Waals surface area contributed by atoms with E-state index in [0.717, 1.165) is 34.2 Å². The number of carbonyl (C=O) groups is 2. The highest BCUT2D eigenvalue weighted by atomic mass is 32.2. The largest absolute Gasteiger partial charge is 0.354 e. The van der Waals surface area contributed by atoms with Crippen LogP contribution in [0.25, 0.3) is 0 Å². The molecule has 1 atom stereocenters. The van der Waals surface area contributed by atoms with Crippen LogP contribution in [0.3, 0.4) is 0 Å². The predicted molar refractivity (Wildman–Crippen MR) is 166 cm³/mol. The smallest absolute Gasteiger partial charge is 0.243 e. The Balaban J connectivity index is 1.89. The molecule has 0 aliphatic heterocycles. The Morgan fingerprint density at radius 2 is 1.59 bits per heavy atom. The second kappa shape index (κ2) is 14.8. The van der Waals surface area contributed by atoms with Crippen molar-refractivity contribution in [1.82, 2.24) is 10.2 Å². The maximum absolute atomic E-state index is 13.9. The van der Waals surface area contributed by atoms with Crippen LogP contribution >= 0.6 is 0 Å². The standard InChI is InChI=1S/C33H43N3O4S/c1-6-20-34-33(38)31(23-28-15-8-7-9-16-28)35(24-29-17-10-13-25(2)22-29)32(37)19-12-21-36(41(5,39)40)30-18-11-14-26(3)27(30)4/h7-11,13-18,22,31H,6,12,19-21,23-24H2,1-5H3,(H,34,38)/t31-/m1/s1. The van der Waals surface area contributed by atoms with E-state index >= 15 is 0 Å². The van der Waals surface area contributed by atoms with Gasteiger partial charge in [-0.05, 0) is 61.9 Å². The molecule has 3 rings (SSSR count). The molecule has 7 nitrogen and oxygen atoms in total. The number of aryl methyl sites for hydroxylation is 2. The van der Waals surface area contributed by atoms with Gasteiger partial charge in [-0.25, -0.2) is 8.42 Å². The highest BCUT2D eigenvalue weighted by Crippen LogP contribution is 2.26. The molecular formula is C33H43N3O4S. The third-order valence-electron chi connectivity index (χ3n) is 7.25. The second-order valence-corrected chi connectivity index (χ2v) is 12.6. The van der Waals surface area contributed by atoms with Gasteiger partial charge in [0.1, 0.15) is 6.04 Å². The first-order chi connectivity index (χ1) is 19.5. The van der Waals surface area contributed by atoms with E-state index in [1.165, 1.54) is 10.6 Å². The van der Waals surface area contributed by atoms with Gasteiger partial charge in [-0.1, -0.05) is 79.2 Å². The van der Waals surface area contributed by atoms with Gasteiger partial charge < -0.3 is 10.2 Å². The Morgan fingerprint density at radius 3 is 2.24 bits per heavy atom. The first kappa shape index (κ1) is 31.9. The number of nitrogens with zero attached hydrogens (tertiary/aromatic N) is 2. The van der Waals surface area contributed by atoms with Crippen molar-refractivity contribution < 1.29 is 18.0 Å². The van der Waals surface area contributed by atoms with E-state index in [1.807, 2.05) is 94.4 Å². The molecular weight excluding hydrogens is 534 g/mol. The fourth-order valence-electron chi connectivity index (χ4n) is 4.92. The molecule has 2 amide bonds. The van der Waals surface area contributed by atoms with Crippen molar-refractivity contribution in [3.05, 3.63) is 101 Å². The van der Waals surface area contributed by atoms with E-state index in [2.05, 4.69) is 5.32 Å². The Labute approximate surface area is 245 Å². The molecule has 0 heterocycles. The molecule has 0 bridgehead atoms. The Morgan fingerprint density at radius 1 is 0.902 bits per heavy atom. The Kier molecular flexibility index (Phi) is 11.5. The van der Waals surface area contributed by atoms with E-state index in [-0.39, 0.29) is 31.3 Å². The quantitative estimate of drug-likeness (QED) is 0.281. The van der Waals surface area contributed by atoms with Crippen molar-refractivity contribution in [3.8, 4) is 0 Å². The maximum Gasteiger partial charge on any atom is 0.243 e. The highest BCUT2D eigenvalue weighted by molar-refractivity contribution is 7.92. The SMILES string of the molecule is CCCNC(=O)[C@@H](Cc1ccccc1)N(Cc1cccc(C)c1)C(=O)CCCN(c1cccc(C)c1C)S(C)(=O)=O. The lowest BCUT2D eigenvalue weighted by molar-refractivity contribution is -0.141. The van der Waals surface area contributed by atoms with E-state index in [1.54, 1.807) is 11.0 Å². The summed E-state index contributed by atoms with van der Waals surface area (Å²) in [5.74, 6) is -0.377. The maximum atomic E-state index is 13.9. The second-order valence-electron chi connectivity index (χ2n) is 10.7. The van der Waals surface area contributed by atoms with Crippen molar-refractivity contribution in [3.63, 3.8) is 0 Å². The molecule has 3 aromatic carbocycles. The number of amides is 2. The molecule has 0 aliphatic rings. The van der Waals surface area contributed by atoms with Crippen molar-refractivity contribution in [1.29, 1.82) is 0 Å². The summed E-state index contributed by atoms with van der Waals surface area (Å²) in [6, 6.07) is 22.5. The van der Waals surface area contributed by atoms with Crippen LogP contribution in [0.1, 0.15) is 54.0 Å². The highest BCUT2D eigenvalue weighted by Gasteiger charge is 2.30. The summed E-state index contributed by atoms with van der Waals surface area (Å²) >= 11 is 0. The van der Waals surface area contributed by atoms with Crippen molar-refractivity contribution in [2.75, 3.05) is 23.7 Å². The number of nitrogens with one attached hydrogen (secondary N) is 1. The first-order valence-electron chi connectivity index (χ1n) is 14.2. The Hall–Kier alpha value is -3.65. The molecule has 0 aromatic heterocycles. The minimum atomic E-state index is -3.57. The summed E-state index contributed by atoms with van der Waals surface area (Å²) < 4.78 is 26.9. The third kappa shape index (κ3) is 9.18. The van der Waals surface area contributed by atoms with Crippen LogP contribution in [0.2, 0.25) is 0 Å². The van der Waals surface area contributed by atoms with Gasteiger partial charge in [-0.3, -0.25) is 13.9 Å². The summed E-state index contributed by atoms with van der Waals surface area (Å²) in [5.41, 5.74) is 5.48. The molecule has 0 fully saturated rings. The predicted octanol–water partition coefficient (Wildman–Crippen LogP) is 5.32. The minimum absolute atomic E-state index is 0.106. The van der Waals surface area contributed by atoms with Crippen molar-refractivity contribution in [2.45, 2.75) is 66.0 Å². The first-order valence-corrected chi connectivity index (χ1v) is 16.1. The van der Waals surface area contributed by atoms with Gasteiger partial charge in [0.2, 0.25) is 21.8 Å². The van der Waals surface area contributed by atoms with E-state index in [4.69, 9.17) is 0 Å². The fourth-order valence-corrected chi connectivity index (χ4v) is 5.93. The number of rotatable bonds is 14. The third-order valence-corrected chi connectivity index (χ3v) is 8.43. The van der Waals surface area contributed by atoms with E-state index in [0.29, 0.717) is 25.1 Å². The summed E-state index contributed by atoms with van der Waals surface area (Å²) in [4.78, 5) is 29.1. The Bertz CT molecular complexity index is 1420. The van der Waals surface area contributed by atoms with Crippen LogP contribution in [0.5, 0.6) is 0 Å². The minimum Gasteiger partial charge on any atom is -0.354 e. The zero-order valence-electron chi connectivity index (χ0n) is 24.9. The summed E-state index contributed by atoms with van der Waals surface area (Å²) in [6.45, 7) is 8.81. The molecule has 0 saturated carbocycles. The number of sulfonamides is 1. The van der Waals surface area contributed by atoms with Gasteiger partial charge in [0, 0.05) is 32.5 Å². The molecule has 0 aliphatic carbocycles. The summed E-state index contributed by atoms with van der Waals surface area (Å²) in [6.07, 6.45) is 2.78. The molecule has 3 aromatic rings. The van der Waals surface area contributed by atoms with Crippen LogP contribution in [0, 0.1) is 20.8 Å². The number of anilines is 1. The monoisotopic (exact) mass is 577 g/mol. The number of benzene rings is 3. The van der Waals surface area contributed by atoms with Gasteiger partial charge >= 0.3 is 0 Å². The molecule has 8 heteroatoms. The zero-order chi connectivity index (χ0) is 30.0. The lowest BCUT2D eigenvalue weighted by Crippen LogP contribution is -2.50. The average molecular weight is 578 g/mol. The van der Waals surface area contributed by atoms with E-state index < -0.39 is 16.1 Å². The molecule has 1 N–H and O–H groups in total. The van der Waals surface area contributed by atoms with Gasteiger partial charge in [0.15, 0.2) is 0 Å². The van der Waals surface area contributed by atoms with Crippen LogP contribution < -0.4 is 9.62 Å². The molecule has 220 valence electrons. The number of hydrogen-bond donors (Lipinski definition) is 1. The lowest BCUT2D eigenvalue weighted by Gasteiger charge is -2.32. The van der Waals surface area contributed by atoms with Crippen LogP contribution in [0.15, 0.2) is 72.8 Å². The van der Waals surface area contributed by atoms with Crippen molar-refractivity contribution >= 4 is 27.5 Å². The van der Waals surface area contributed by atoms with Gasteiger partial charge in [-0.15, -0.1) is 0 Å². The van der Waals surface area contributed by atoms with Crippen LogP contribution in [0.4, 0.5) is 5.69 Å². The zero-order valence-corrected chi connectivity index (χ0v) is 25.7. The molecule has 0 spiro atoms. The number of carbonyl (C=O) groups excluding carboxylic acids is 2. The van der Waals surface area contributed by atoms with Crippen molar-refractivity contribution in [2.24, 2.45) is 0 Å². The average Bonchev–Trinajstić information content (AvgIpc) is 2.93. The lowest BCUT2D eigenvalue weighted by atomic mass is 10.0.